The monoisotopic (exact) mass is 358 g/mol. The highest BCUT2D eigenvalue weighted by atomic mass is 16.5. The molecule has 0 bridgehead atoms. The topological polar surface area (TPSA) is 104 Å². The van der Waals surface area contributed by atoms with Crippen LogP contribution in [0.2, 0.25) is 0 Å². The van der Waals surface area contributed by atoms with Crippen LogP contribution in [0.25, 0.3) is 11.0 Å². The zero-order valence-corrected chi connectivity index (χ0v) is 14.4. The molecule has 1 aromatic carbocycles. The highest BCUT2D eigenvalue weighted by molar-refractivity contribution is 5.98. The maximum absolute atomic E-state index is 12.4. The third-order valence-corrected chi connectivity index (χ3v) is 3.56. The van der Waals surface area contributed by atoms with Gasteiger partial charge in [-0.05, 0) is 19.9 Å². The minimum Gasteiger partial charge on any atom is -0.450 e. The van der Waals surface area contributed by atoms with Crippen molar-refractivity contribution in [1.82, 2.24) is 5.16 Å². The summed E-state index contributed by atoms with van der Waals surface area (Å²) in [5, 5.41) is 6.87. The smallest absolute Gasteiger partial charge is 0.375 e. The van der Waals surface area contributed by atoms with Crippen LogP contribution in [0.5, 0.6) is 0 Å². The summed E-state index contributed by atoms with van der Waals surface area (Å²) < 4.78 is 20.9. The second-order valence-corrected chi connectivity index (χ2v) is 5.50. The Balaban J connectivity index is 1.69. The van der Waals surface area contributed by atoms with Gasteiger partial charge in [-0.1, -0.05) is 23.4 Å². The number of nitrogens with one attached hydrogen (secondary N) is 1. The van der Waals surface area contributed by atoms with E-state index in [4.69, 9.17) is 18.4 Å². The van der Waals surface area contributed by atoms with Crippen LogP contribution in [0.15, 0.2) is 39.3 Å². The number of anilines is 1. The van der Waals surface area contributed by atoms with Gasteiger partial charge in [0.25, 0.3) is 5.91 Å². The lowest BCUT2D eigenvalue weighted by Crippen LogP contribution is -2.21. The largest absolute Gasteiger partial charge is 0.450 e. The van der Waals surface area contributed by atoms with Gasteiger partial charge in [0, 0.05) is 23.6 Å². The minimum absolute atomic E-state index is 0.0305. The molecule has 0 saturated carbocycles. The molecule has 8 nitrogen and oxygen atoms in total. The SMILES string of the molecule is CCOCc1c(C(=O)OCC(=O)Nc2cc(C)no2)oc2ccccc12. The summed E-state index contributed by atoms with van der Waals surface area (Å²) in [6, 6.07) is 8.79. The number of ether oxygens (including phenoxy) is 2. The Morgan fingerprint density at radius 2 is 2.08 bits per heavy atom. The van der Waals surface area contributed by atoms with Crippen molar-refractivity contribution in [3.05, 3.63) is 47.3 Å². The number of fused-ring (bicyclic) bond motifs is 1. The normalized spacial score (nSPS) is 10.8. The van der Waals surface area contributed by atoms with Crippen LogP contribution < -0.4 is 5.32 Å². The van der Waals surface area contributed by atoms with E-state index in [1.807, 2.05) is 19.1 Å². The fourth-order valence-corrected chi connectivity index (χ4v) is 2.40. The maximum atomic E-state index is 12.4. The molecule has 26 heavy (non-hydrogen) atoms. The van der Waals surface area contributed by atoms with E-state index in [2.05, 4.69) is 10.5 Å². The molecule has 2 heterocycles. The lowest BCUT2D eigenvalue weighted by molar-refractivity contribution is -0.119. The van der Waals surface area contributed by atoms with Crippen LogP contribution in [0.1, 0.15) is 28.7 Å². The number of aryl methyl sites for hydroxylation is 1. The average molecular weight is 358 g/mol. The summed E-state index contributed by atoms with van der Waals surface area (Å²) in [6.45, 7) is 3.80. The predicted octanol–water partition coefficient (Wildman–Crippen LogP) is 3.06. The Labute approximate surface area is 149 Å². The number of benzene rings is 1. The first-order chi connectivity index (χ1) is 12.6. The van der Waals surface area contributed by atoms with Gasteiger partial charge in [0.05, 0.1) is 12.3 Å². The Hall–Kier alpha value is -3.13. The first kappa shape index (κ1) is 17.7. The summed E-state index contributed by atoms with van der Waals surface area (Å²) in [6.07, 6.45) is 0. The first-order valence-corrected chi connectivity index (χ1v) is 8.07. The molecule has 3 aromatic rings. The average Bonchev–Trinajstić information content (AvgIpc) is 3.21. The van der Waals surface area contributed by atoms with Crippen LogP contribution in [-0.2, 0) is 20.9 Å². The van der Waals surface area contributed by atoms with E-state index in [-0.39, 0.29) is 18.3 Å². The van der Waals surface area contributed by atoms with E-state index in [9.17, 15) is 9.59 Å². The van der Waals surface area contributed by atoms with Gasteiger partial charge >= 0.3 is 5.97 Å². The molecule has 8 heteroatoms. The van der Waals surface area contributed by atoms with Crippen molar-refractivity contribution in [2.75, 3.05) is 18.5 Å². The minimum atomic E-state index is -0.736. The molecule has 0 aliphatic heterocycles. The standard InChI is InChI=1S/C18H18N2O6/c1-3-23-9-13-12-6-4-5-7-14(12)25-17(13)18(22)24-10-15(21)19-16-8-11(2)20-26-16/h4-8H,3,9-10H2,1-2H3,(H,19,21). The van der Waals surface area contributed by atoms with E-state index in [1.54, 1.807) is 25.1 Å². The van der Waals surface area contributed by atoms with Gasteiger partial charge in [-0.3, -0.25) is 10.1 Å². The van der Waals surface area contributed by atoms with Crippen molar-refractivity contribution in [2.24, 2.45) is 0 Å². The number of para-hydroxylation sites is 1. The number of esters is 1. The lowest BCUT2D eigenvalue weighted by Gasteiger charge is -2.05. The maximum Gasteiger partial charge on any atom is 0.375 e. The fraction of sp³-hybridized carbons (Fsp3) is 0.278. The molecule has 0 radical (unpaired) electrons. The molecule has 2 aromatic heterocycles. The van der Waals surface area contributed by atoms with Crippen molar-refractivity contribution in [3.63, 3.8) is 0 Å². The molecule has 0 aliphatic rings. The fourth-order valence-electron chi connectivity index (χ4n) is 2.40. The highest BCUT2D eigenvalue weighted by Gasteiger charge is 2.22. The molecule has 0 atom stereocenters. The lowest BCUT2D eigenvalue weighted by atomic mass is 10.1. The number of nitrogens with zero attached hydrogens (tertiary/aromatic N) is 1. The molecule has 1 amide bonds. The predicted molar refractivity (Wildman–Crippen MR) is 91.7 cm³/mol. The number of hydrogen-bond donors (Lipinski definition) is 1. The molecule has 1 N–H and O–H groups in total. The summed E-state index contributed by atoms with van der Waals surface area (Å²) in [4.78, 5) is 24.2. The molecular weight excluding hydrogens is 340 g/mol. The van der Waals surface area contributed by atoms with Crippen LogP contribution in [0, 0.1) is 6.92 Å². The Bertz CT molecular complexity index is 927. The molecule has 0 fully saturated rings. The van der Waals surface area contributed by atoms with Crippen molar-refractivity contribution in [3.8, 4) is 0 Å². The van der Waals surface area contributed by atoms with Crippen molar-refractivity contribution >= 4 is 28.7 Å². The van der Waals surface area contributed by atoms with Crippen molar-refractivity contribution in [1.29, 1.82) is 0 Å². The van der Waals surface area contributed by atoms with E-state index >= 15 is 0 Å². The summed E-state index contributed by atoms with van der Waals surface area (Å²) >= 11 is 0. The molecule has 0 unspecified atom stereocenters. The first-order valence-electron chi connectivity index (χ1n) is 8.07. The summed E-state index contributed by atoms with van der Waals surface area (Å²) in [5.74, 6) is -1.07. The van der Waals surface area contributed by atoms with E-state index in [0.717, 1.165) is 5.39 Å². The third kappa shape index (κ3) is 3.92. The number of carbonyl (C=O) groups excluding carboxylic acids is 2. The highest BCUT2D eigenvalue weighted by Crippen LogP contribution is 2.27. The van der Waals surface area contributed by atoms with Gasteiger partial charge in [-0.15, -0.1) is 0 Å². The summed E-state index contributed by atoms with van der Waals surface area (Å²) in [7, 11) is 0. The number of carbonyl (C=O) groups is 2. The zero-order chi connectivity index (χ0) is 18.5. The van der Waals surface area contributed by atoms with Crippen LogP contribution in [-0.4, -0.2) is 30.2 Å². The third-order valence-electron chi connectivity index (χ3n) is 3.56. The molecular formula is C18H18N2O6. The molecule has 0 saturated heterocycles. The molecule has 3 rings (SSSR count). The van der Waals surface area contributed by atoms with Crippen LogP contribution in [0.4, 0.5) is 5.88 Å². The van der Waals surface area contributed by atoms with Gasteiger partial charge in [0.1, 0.15) is 5.58 Å². The van der Waals surface area contributed by atoms with E-state index in [1.165, 1.54) is 0 Å². The number of rotatable bonds is 7. The van der Waals surface area contributed by atoms with E-state index < -0.39 is 18.5 Å². The van der Waals surface area contributed by atoms with Gasteiger partial charge in [-0.2, -0.15) is 0 Å². The number of aromatic nitrogens is 1. The Kier molecular flexibility index (Phi) is 5.33. The van der Waals surface area contributed by atoms with Gasteiger partial charge in [0.15, 0.2) is 6.61 Å². The Morgan fingerprint density at radius 1 is 1.27 bits per heavy atom. The second-order valence-electron chi connectivity index (χ2n) is 5.50. The van der Waals surface area contributed by atoms with Gasteiger partial charge < -0.3 is 18.4 Å². The van der Waals surface area contributed by atoms with Crippen LogP contribution in [0.3, 0.4) is 0 Å². The van der Waals surface area contributed by atoms with Crippen molar-refractivity contribution in [2.45, 2.75) is 20.5 Å². The van der Waals surface area contributed by atoms with Crippen LogP contribution >= 0.6 is 0 Å². The number of furan rings is 1. The van der Waals surface area contributed by atoms with Gasteiger partial charge in [-0.25, -0.2) is 4.79 Å². The molecule has 0 aliphatic carbocycles. The van der Waals surface area contributed by atoms with Gasteiger partial charge in [0.2, 0.25) is 11.6 Å². The number of amides is 1. The molecule has 0 spiro atoms. The summed E-state index contributed by atoms with van der Waals surface area (Å²) in [5.41, 5.74) is 1.77. The molecule has 136 valence electrons. The zero-order valence-electron chi connectivity index (χ0n) is 14.4. The quantitative estimate of drug-likeness (QED) is 0.647. The van der Waals surface area contributed by atoms with Crippen molar-refractivity contribution < 1.29 is 28.0 Å². The Morgan fingerprint density at radius 3 is 2.81 bits per heavy atom. The van der Waals surface area contributed by atoms with E-state index in [0.29, 0.717) is 23.4 Å². The second kappa shape index (κ2) is 7.83. The number of hydrogen-bond acceptors (Lipinski definition) is 7.